The van der Waals surface area contributed by atoms with Crippen LogP contribution in [0.5, 0.6) is 0 Å². The van der Waals surface area contributed by atoms with Gasteiger partial charge in [-0.1, -0.05) is 41.5 Å². The van der Waals surface area contributed by atoms with Gasteiger partial charge in [-0.15, -0.1) is 0 Å². The second kappa shape index (κ2) is 5.20. The molecule has 0 saturated carbocycles. The van der Waals surface area contributed by atoms with Gasteiger partial charge in [0.25, 0.3) is 0 Å². The third kappa shape index (κ3) is 10.1. The SMILES string of the molecule is CC(C)(C)CSCC(=O)CC(C)(C)C. The lowest BCUT2D eigenvalue weighted by atomic mass is 9.90. The summed E-state index contributed by atoms with van der Waals surface area (Å²) in [6, 6.07) is 0. The molecule has 2 heteroatoms. The van der Waals surface area contributed by atoms with Crippen LogP contribution in [0.4, 0.5) is 0 Å². The molecular weight excluding hydrogens is 192 g/mol. The maximum Gasteiger partial charge on any atom is 0.143 e. The first-order valence-electron chi connectivity index (χ1n) is 5.20. The van der Waals surface area contributed by atoms with Crippen LogP contribution in [-0.2, 0) is 4.79 Å². The molecular formula is C12H24OS. The zero-order chi connectivity index (χ0) is 11.4. The highest BCUT2D eigenvalue weighted by molar-refractivity contribution is 7.99. The molecule has 0 N–H and O–H groups in total. The van der Waals surface area contributed by atoms with Crippen molar-refractivity contribution in [3.63, 3.8) is 0 Å². The summed E-state index contributed by atoms with van der Waals surface area (Å²) in [5, 5.41) is 0. The number of hydrogen-bond donors (Lipinski definition) is 0. The first-order chi connectivity index (χ1) is 6.10. The molecule has 0 saturated heterocycles. The van der Waals surface area contributed by atoms with Crippen LogP contribution in [0.15, 0.2) is 0 Å². The fourth-order valence-corrected chi connectivity index (χ4v) is 2.16. The summed E-state index contributed by atoms with van der Waals surface area (Å²) in [6.45, 7) is 12.9. The molecule has 0 aliphatic rings. The highest BCUT2D eigenvalue weighted by Crippen LogP contribution is 2.23. The van der Waals surface area contributed by atoms with E-state index >= 15 is 0 Å². The zero-order valence-electron chi connectivity index (χ0n) is 10.4. The first kappa shape index (κ1) is 14.0. The van der Waals surface area contributed by atoms with Gasteiger partial charge in [0.05, 0.1) is 5.75 Å². The molecule has 0 aliphatic carbocycles. The molecule has 0 fully saturated rings. The largest absolute Gasteiger partial charge is 0.299 e. The molecule has 0 rings (SSSR count). The summed E-state index contributed by atoms with van der Waals surface area (Å²) in [7, 11) is 0. The second-order valence-electron chi connectivity index (χ2n) is 6.33. The average Bonchev–Trinajstić information content (AvgIpc) is 1.78. The van der Waals surface area contributed by atoms with E-state index in [0.29, 0.717) is 23.4 Å². The summed E-state index contributed by atoms with van der Waals surface area (Å²) < 4.78 is 0. The maximum absolute atomic E-state index is 11.5. The molecule has 1 nitrogen and oxygen atoms in total. The van der Waals surface area contributed by atoms with Crippen molar-refractivity contribution in [2.45, 2.75) is 48.0 Å². The number of rotatable bonds is 4. The average molecular weight is 216 g/mol. The summed E-state index contributed by atoms with van der Waals surface area (Å²) in [5.41, 5.74) is 0.464. The van der Waals surface area contributed by atoms with Gasteiger partial charge in [0.2, 0.25) is 0 Å². The third-order valence-electron chi connectivity index (χ3n) is 1.53. The third-order valence-corrected chi connectivity index (χ3v) is 3.12. The van der Waals surface area contributed by atoms with Crippen molar-refractivity contribution < 1.29 is 4.79 Å². The van der Waals surface area contributed by atoms with E-state index in [1.807, 2.05) is 0 Å². The van der Waals surface area contributed by atoms with Crippen LogP contribution in [0.3, 0.4) is 0 Å². The standard InChI is InChI=1S/C12H24OS/c1-11(2,3)7-10(13)8-14-9-12(4,5)6/h7-9H2,1-6H3. The van der Waals surface area contributed by atoms with Crippen molar-refractivity contribution in [3.8, 4) is 0 Å². The molecule has 0 spiro atoms. The Morgan fingerprint density at radius 1 is 1.00 bits per heavy atom. The van der Waals surface area contributed by atoms with Gasteiger partial charge in [0.1, 0.15) is 5.78 Å². The van der Waals surface area contributed by atoms with Crippen LogP contribution in [0.1, 0.15) is 48.0 Å². The molecule has 0 aromatic carbocycles. The number of thioether (sulfide) groups is 1. The van der Waals surface area contributed by atoms with E-state index in [1.165, 1.54) is 0 Å². The smallest absolute Gasteiger partial charge is 0.143 e. The molecule has 0 unspecified atom stereocenters. The molecule has 0 radical (unpaired) electrons. The van der Waals surface area contributed by atoms with Gasteiger partial charge in [-0.05, 0) is 16.6 Å². The summed E-state index contributed by atoms with van der Waals surface area (Å²) in [4.78, 5) is 11.5. The van der Waals surface area contributed by atoms with Crippen LogP contribution < -0.4 is 0 Å². The minimum absolute atomic E-state index is 0.138. The van der Waals surface area contributed by atoms with Crippen molar-refractivity contribution in [2.24, 2.45) is 10.8 Å². The van der Waals surface area contributed by atoms with Gasteiger partial charge in [-0.25, -0.2) is 0 Å². The molecule has 0 atom stereocenters. The van der Waals surface area contributed by atoms with E-state index < -0.39 is 0 Å². The van der Waals surface area contributed by atoms with Crippen LogP contribution in [-0.4, -0.2) is 17.3 Å². The Kier molecular flexibility index (Phi) is 5.21. The van der Waals surface area contributed by atoms with Crippen LogP contribution in [0.2, 0.25) is 0 Å². The van der Waals surface area contributed by atoms with Crippen molar-refractivity contribution in [3.05, 3.63) is 0 Å². The van der Waals surface area contributed by atoms with E-state index in [4.69, 9.17) is 0 Å². The Balaban J connectivity index is 3.66. The van der Waals surface area contributed by atoms with E-state index in [9.17, 15) is 4.79 Å². The maximum atomic E-state index is 11.5. The summed E-state index contributed by atoms with van der Waals surface area (Å²) in [6.07, 6.45) is 0.699. The van der Waals surface area contributed by atoms with Crippen molar-refractivity contribution in [2.75, 3.05) is 11.5 Å². The Hall–Kier alpha value is 0.0200. The number of hydrogen-bond acceptors (Lipinski definition) is 2. The normalized spacial score (nSPS) is 13.0. The van der Waals surface area contributed by atoms with Crippen molar-refractivity contribution >= 4 is 17.5 Å². The number of carbonyl (C=O) groups is 1. The monoisotopic (exact) mass is 216 g/mol. The predicted octanol–water partition coefficient (Wildman–Crippen LogP) is 3.77. The summed E-state index contributed by atoms with van der Waals surface area (Å²) in [5.74, 6) is 2.11. The predicted molar refractivity (Wildman–Crippen MR) is 65.9 cm³/mol. The van der Waals surface area contributed by atoms with Crippen LogP contribution in [0, 0.1) is 10.8 Å². The zero-order valence-corrected chi connectivity index (χ0v) is 11.3. The Morgan fingerprint density at radius 2 is 1.50 bits per heavy atom. The molecule has 0 aromatic heterocycles. The Labute approximate surface area is 93.0 Å². The molecule has 0 heterocycles. The first-order valence-corrected chi connectivity index (χ1v) is 6.35. The summed E-state index contributed by atoms with van der Waals surface area (Å²) >= 11 is 1.76. The molecule has 14 heavy (non-hydrogen) atoms. The van der Waals surface area contributed by atoms with E-state index in [-0.39, 0.29) is 5.41 Å². The van der Waals surface area contributed by atoms with Crippen molar-refractivity contribution in [1.29, 1.82) is 0 Å². The molecule has 0 amide bonds. The lowest BCUT2D eigenvalue weighted by Gasteiger charge is -2.19. The van der Waals surface area contributed by atoms with Gasteiger partial charge in [0.15, 0.2) is 0 Å². The van der Waals surface area contributed by atoms with Gasteiger partial charge in [0, 0.05) is 6.42 Å². The highest BCUT2D eigenvalue weighted by atomic mass is 32.2. The lowest BCUT2D eigenvalue weighted by molar-refractivity contribution is -0.118. The minimum atomic E-state index is 0.138. The fraction of sp³-hybridized carbons (Fsp3) is 0.917. The fourth-order valence-electron chi connectivity index (χ4n) is 1.11. The Morgan fingerprint density at radius 3 is 1.86 bits per heavy atom. The number of carbonyl (C=O) groups excluding carboxylic acids is 1. The molecule has 84 valence electrons. The van der Waals surface area contributed by atoms with Crippen molar-refractivity contribution in [1.82, 2.24) is 0 Å². The van der Waals surface area contributed by atoms with Gasteiger partial charge >= 0.3 is 0 Å². The quantitative estimate of drug-likeness (QED) is 0.711. The van der Waals surface area contributed by atoms with Crippen LogP contribution >= 0.6 is 11.8 Å². The van der Waals surface area contributed by atoms with E-state index in [1.54, 1.807) is 11.8 Å². The number of Topliss-reactive ketones (excluding diaryl/α,β-unsaturated/α-hetero) is 1. The number of ketones is 1. The van der Waals surface area contributed by atoms with E-state index in [0.717, 1.165) is 5.75 Å². The topological polar surface area (TPSA) is 17.1 Å². The van der Waals surface area contributed by atoms with Crippen LogP contribution in [0.25, 0.3) is 0 Å². The van der Waals surface area contributed by atoms with Gasteiger partial charge < -0.3 is 0 Å². The molecule has 0 bridgehead atoms. The molecule has 0 aromatic rings. The van der Waals surface area contributed by atoms with Gasteiger partial charge in [-0.3, -0.25) is 4.79 Å². The lowest BCUT2D eigenvalue weighted by Crippen LogP contribution is -2.16. The Bertz CT molecular complexity index is 183. The minimum Gasteiger partial charge on any atom is -0.299 e. The molecule has 0 aliphatic heterocycles. The second-order valence-corrected chi connectivity index (χ2v) is 7.32. The van der Waals surface area contributed by atoms with E-state index in [2.05, 4.69) is 41.5 Å². The van der Waals surface area contributed by atoms with Gasteiger partial charge in [-0.2, -0.15) is 11.8 Å². The highest BCUT2D eigenvalue weighted by Gasteiger charge is 2.17.